The van der Waals surface area contributed by atoms with Gasteiger partial charge < -0.3 is 24.6 Å². The van der Waals surface area contributed by atoms with E-state index in [-0.39, 0.29) is 13.2 Å². The van der Waals surface area contributed by atoms with Gasteiger partial charge in [0.05, 0.1) is 33.0 Å². The summed E-state index contributed by atoms with van der Waals surface area (Å²) < 4.78 is 14.8. The molecule has 1 aromatic rings. The van der Waals surface area contributed by atoms with Crippen molar-refractivity contribution in [2.45, 2.75) is 6.10 Å². The second-order valence-electron chi connectivity index (χ2n) is 3.27. The molecule has 96 valence electrons. The minimum absolute atomic E-state index is 0.244. The summed E-state index contributed by atoms with van der Waals surface area (Å²) >= 11 is 0. The topological polar surface area (TPSA) is 85.7 Å². The number of hydrogen-bond acceptors (Lipinski definition) is 7. The number of nitrogens with one attached hydrogen (secondary N) is 1. The first-order valence-corrected chi connectivity index (χ1v) is 5.07. The second kappa shape index (κ2) is 6.87. The molecule has 1 heterocycles. The third kappa shape index (κ3) is 4.41. The highest BCUT2D eigenvalue weighted by molar-refractivity contribution is 5.33. The lowest BCUT2D eigenvalue weighted by atomic mass is 10.4. The van der Waals surface area contributed by atoms with Gasteiger partial charge in [0.2, 0.25) is 17.7 Å². The Hall–Kier alpha value is -1.60. The smallest absolute Gasteiger partial charge is 0.229 e. The van der Waals surface area contributed by atoms with E-state index in [1.807, 2.05) is 0 Å². The number of hydrogen-bond donors (Lipinski definition) is 2. The van der Waals surface area contributed by atoms with Gasteiger partial charge in [-0.15, -0.1) is 0 Å². The average Bonchev–Trinajstić information content (AvgIpc) is 2.36. The Morgan fingerprint density at radius 1 is 1.24 bits per heavy atom. The molecule has 0 aliphatic heterocycles. The van der Waals surface area contributed by atoms with E-state index in [9.17, 15) is 5.11 Å². The molecule has 1 rings (SSSR count). The number of aromatic nitrogens is 2. The quantitative estimate of drug-likeness (QED) is 0.692. The highest BCUT2D eigenvalue weighted by atomic mass is 16.5. The van der Waals surface area contributed by atoms with Crippen LogP contribution in [-0.2, 0) is 4.74 Å². The van der Waals surface area contributed by atoms with Crippen LogP contribution in [0, 0.1) is 0 Å². The van der Waals surface area contributed by atoms with Crippen molar-refractivity contribution in [1.82, 2.24) is 9.97 Å². The van der Waals surface area contributed by atoms with Crippen LogP contribution in [0.15, 0.2) is 6.07 Å². The van der Waals surface area contributed by atoms with Crippen molar-refractivity contribution in [3.8, 4) is 11.8 Å². The molecule has 7 nitrogen and oxygen atoms in total. The van der Waals surface area contributed by atoms with E-state index in [1.54, 1.807) is 6.07 Å². The fourth-order valence-electron chi connectivity index (χ4n) is 1.15. The molecule has 0 fully saturated rings. The molecule has 1 atom stereocenters. The van der Waals surface area contributed by atoms with E-state index < -0.39 is 6.10 Å². The first kappa shape index (κ1) is 13.5. The van der Waals surface area contributed by atoms with Gasteiger partial charge in [0.25, 0.3) is 0 Å². The minimum Gasteiger partial charge on any atom is -0.481 e. The maximum Gasteiger partial charge on any atom is 0.229 e. The van der Waals surface area contributed by atoms with Crippen molar-refractivity contribution in [3.05, 3.63) is 6.07 Å². The van der Waals surface area contributed by atoms with Crippen LogP contribution in [0.2, 0.25) is 0 Å². The highest BCUT2D eigenvalue weighted by Gasteiger charge is 2.07. The maximum atomic E-state index is 9.46. The molecule has 0 amide bonds. The molecule has 0 saturated carbocycles. The molecule has 1 aromatic heterocycles. The predicted molar refractivity (Wildman–Crippen MR) is 61.5 cm³/mol. The second-order valence-corrected chi connectivity index (χ2v) is 3.27. The molecule has 1 unspecified atom stereocenters. The van der Waals surface area contributed by atoms with E-state index in [1.165, 1.54) is 21.3 Å². The predicted octanol–water partition coefficient (Wildman–Crippen LogP) is -0.0870. The summed E-state index contributed by atoms with van der Waals surface area (Å²) in [6, 6.07) is 1.57. The van der Waals surface area contributed by atoms with Crippen molar-refractivity contribution in [2.75, 3.05) is 39.8 Å². The molecule has 0 radical (unpaired) electrons. The lowest BCUT2D eigenvalue weighted by molar-refractivity contribution is 0.0726. The van der Waals surface area contributed by atoms with Crippen LogP contribution in [0.4, 0.5) is 5.95 Å². The first-order valence-electron chi connectivity index (χ1n) is 5.07. The number of rotatable bonds is 7. The number of anilines is 1. The lowest BCUT2D eigenvalue weighted by Crippen LogP contribution is -2.25. The van der Waals surface area contributed by atoms with Crippen molar-refractivity contribution < 1.29 is 19.3 Å². The van der Waals surface area contributed by atoms with Crippen LogP contribution in [0.5, 0.6) is 11.8 Å². The fourth-order valence-corrected chi connectivity index (χ4v) is 1.15. The standard InChI is InChI=1S/C10H17N3O4/c1-15-6-7(14)5-11-10-12-8(16-2)4-9(13-10)17-3/h4,7,14H,5-6H2,1-3H3,(H,11,12,13). The van der Waals surface area contributed by atoms with Crippen molar-refractivity contribution in [2.24, 2.45) is 0 Å². The molecule has 7 heteroatoms. The van der Waals surface area contributed by atoms with E-state index >= 15 is 0 Å². The van der Waals surface area contributed by atoms with Crippen LogP contribution in [0.3, 0.4) is 0 Å². The lowest BCUT2D eigenvalue weighted by Gasteiger charge is -2.11. The molecule has 0 aliphatic carbocycles. The van der Waals surface area contributed by atoms with Gasteiger partial charge in [-0.3, -0.25) is 0 Å². The minimum atomic E-state index is -0.624. The third-order valence-corrected chi connectivity index (χ3v) is 1.95. The fraction of sp³-hybridized carbons (Fsp3) is 0.600. The van der Waals surface area contributed by atoms with Crippen molar-refractivity contribution in [1.29, 1.82) is 0 Å². The van der Waals surface area contributed by atoms with Crippen LogP contribution in [0.1, 0.15) is 0 Å². The van der Waals surface area contributed by atoms with Crippen LogP contribution in [-0.4, -0.2) is 55.7 Å². The summed E-state index contributed by atoms with van der Waals surface area (Å²) in [4.78, 5) is 8.11. The number of ether oxygens (including phenoxy) is 3. The summed E-state index contributed by atoms with van der Waals surface area (Å²) in [5, 5.41) is 12.3. The SMILES string of the molecule is COCC(O)CNc1nc(OC)cc(OC)n1. The molecule has 0 aromatic carbocycles. The number of methoxy groups -OCH3 is 3. The molecule has 2 N–H and O–H groups in total. The number of nitrogens with zero attached hydrogens (tertiary/aromatic N) is 2. The summed E-state index contributed by atoms with van der Waals surface area (Å²) in [6.45, 7) is 0.526. The highest BCUT2D eigenvalue weighted by Crippen LogP contribution is 2.17. The van der Waals surface area contributed by atoms with Crippen LogP contribution in [0.25, 0.3) is 0 Å². The van der Waals surface area contributed by atoms with E-state index in [4.69, 9.17) is 14.2 Å². The Kier molecular flexibility index (Phi) is 5.44. The van der Waals surface area contributed by atoms with Gasteiger partial charge in [0.15, 0.2) is 0 Å². The summed E-state index contributed by atoms with van der Waals surface area (Å²) in [6.07, 6.45) is -0.624. The molecule has 0 spiro atoms. The molecule has 0 bridgehead atoms. The Balaban J connectivity index is 2.63. The zero-order valence-corrected chi connectivity index (χ0v) is 10.1. The Bertz CT molecular complexity index is 326. The van der Waals surface area contributed by atoms with Gasteiger partial charge >= 0.3 is 0 Å². The Morgan fingerprint density at radius 2 is 1.82 bits per heavy atom. The average molecular weight is 243 g/mol. The van der Waals surface area contributed by atoms with E-state index in [0.29, 0.717) is 17.7 Å². The van der Waals surface area contributed by atoms with Gasteiger partial charge in [-0.1, -0.05) is 0 Å². The molecular formula is C10H17N3O4. The van der Waals surface area contributed by atoms with E-state index in [0.717, 1.165) is 0 Å². The van der Waals surface area contributed by atoms with Gasteiger partial charge in [-0.05, 0) is 0 Å². The van der Waals surface area contributed by atoms with Gasteiger partial charge in [-0.25, -0.2) is 0 Å². The van der Waals surface area contributed by atoms with Gasteiger partial charge in [-0.2, -0.15) is 9.97 Å². The van der Waals surface area contributed by atoms with Crippen LogP contribution < -0.4 is 14.8 Å². The Labute approximate surface area is 99.7 Å². The normalized spacial score (nSPS) is 12.0. The summed E-state index contributed by atoms with van der Waals surface area (Å²) in [5.74, 6) is 1.11. The molecular weight excluding hydrogens is 226 g/mol. The molecule has 0 saturated heterocycles. The number of aliphatic hydroxyl groups is 1. The van der Waals surface area contributed by atoms with Crippen molar-refractivity contribution >= 4 is 5.95 Å². The van der Waals surface area contributed by atoms with Gasteiger partial charge in [0.1, 0.15) is 0 Å². The summed E-state index contributed by atoms with van der Waals surface area (Å²) in [5.41, 5.74) is 0. The van der Waals surface area contributed by atoms with Crippen molar-refractivity contribution in [3.63, 3.8) is 0 Å². The first-order chi connectivity index (χ1) is 8.19. The zero-order valence-electron chi connectivity index (χ0n) is 10.1. The monoisotopic (exact) mass is 243 g/mol. The molecule has 17 heavy (non-hydrogen) atoms. The zero-order chi connectivity index (χ0) is 12.7. The summed E-state index contributed by atoms with van der Waals surface area (Å²) in [7, 11) is 4.53. The number of aliphatic hydroxyl groups excluding tert-OH is 1. The molecule has 0 aliphatic rings. The van der Waals surface area contributed by atoms with Gasteiger partial charge in [0, 0.05) is 13.7 Å². The largest absolute Gasteiger partial charge is 0.481 e. The maximum absolute atomic E-state index is 9.46. The van der Waals surface area contributed by atoms with Crippen LogP contribution >= 0.6 is 0 Å². The van der Waals surface area contributed by atoms with E-state index in [2.05, 4.69) is 15.3 Å². The third-order valence-electron chi connectivity index (χ3n) is 1.95. The Morgan fingerprint density at radius 3 is 2.29 bits per heavy atom.